The molecule has 4 nitrogen and oxygen atoms in total. The number of hydrogen-bond donors (Lipinski definition) is 2. The zero-order chi connectivity index (χ0) is 13.1. The minimum atomic E-state index is -3.65. The lowest BCUT2D eigenvalue weighted by atomic mass is 10.2. The summed E-state index contributed by atoms with van der Waals surface area (Å²) in [5.41, 5.74) is 5.65. The van der Waals surface area contributed by atoms with Gasteiger partial charge in [0.2, 0.25) is 10.0 Å². The standard InChI is InChI=1S/C11H17FN2O2S.ClH/c1-8(13)6-7-14-17(15,16)11-5-3-4-10(12)9(11)2;/h3-5,8,14H,6-7,13H2,1-2H3;1H. The Hall–Kier alpha value is -0.690. The van der Waals surface area contributed by atoms with E-state index < -0.39 is 15.8 Å². The van der Waals surface area contributed by atoms with Crippen molar-refractivity contribution in [2.24, 2.45) is 5.73 Å². The molecule has 1 aromatic carbocycles. The maximum atomic E-state index is 13.2. The zero-order valence-electron chi connectivity index (χ0n) is 10.3. The molecular weight excluding hydrogens is 279 g/mol. The third-order valence-corrected chi connectivity index (χ3v) is 4.00. The molecule has 7 heteroatoms. The molecule has 0 fully saturated rings. The van der Waals surface area contributed by atoms with Crippen LogP contribution in [0.4, 0.5) is 4.39 Å². The second kappa shape index (κ2) is 7.04. The van der Waals surface area contributed by atoms with Gasteiger partial charge in [0.15, 0.2) is 0 Å². The van der Waals surface area contributed by atoms with Crippen LogP contribution in [0.15, 0.2) is 23.1 Å². The summed E-state index contributed by atoms with van der Waals surface area (Å²) in [6.07, 6.45) is 0.535. The fourth-order valence-corrected chi connectivity index (χ4v) is 2.68. The molecule has 3 N–H and O–H groups in total. The van der Waals surface area contributed by atoms with E-state index in [2.05, 4.69) is 4.72 Å². The van der Waals surface area contributed by atoms with Crippen molar-refractivity contribution < 1.29 is 12.8 Å². The van der Waals surface area contributed by atoms with E-state index in [1.807, 2.05) is 0 Å². The van der Waals surface area contributed by atoms with Crippen molar-refractivity contribution in [3.8, 4) is 0 Å². The monoisotopic (exact) mass is 296 g/mol. The molecule has 1 rings (SSSR count). The highest BCUT2D eigenvalue weighted by molar-refractivity contribution is 7.89. The lowest BCUT2D eigenvalue weighted by molar-refractivity contribution is 0.566. The number of sulfonamides is 1. The van der Waals surface area contributed by atoms with E-state index in [0.29, 0.717) is 6.42 Å². The van der Waals surface area contributed by atoms with E-state index in [1.165, 1.54) is 25.1 Å². The van der Waals surface area contributed by atoms with E-state index in [0.717, 1.165) is 0 Å². The van der Waals surface area contributed by atoms with Crippen molar-refractivity contribution >= 4 is 22.4 Å². The highest BCUT2D eigenvalue weighted by atomic mass is 35.5. The highest BCUT2D eigenvalue weighted by Crippen LogP contribution is 2.17. The van der Waals surface area contributed by atoms with E-state index in [-0.39, 0.29) is 35.5 Å². The van der Waals surface area contributed by atoms with Gasteiger partial charge in [-0.3, -0.25) is 0 Å². The van der Waals surface area contributed by atoms with Crippen LogP contribution in [-0.4, -0.2) is 21.0 Å². The third-order valence-electron chi connectivity index (χ3n) is 2.40. The van der Waals surface area contributed by atoms with Crippen molar-refractivity contribution in [3.05, 3.63) is 29.6 Å². The van der Waals surface area contributed by atoms with Crippen LogP contribution >= 0.6 is 12.4 Å². The molecule has 1 aromatic rings. The van der Waals surface area contributed by atoms with Crippen molar-refractivity contribution in [2.45, 2.75) is 31.2 Å². The molecule has 1 atom stereocenters. The van der Waals surface area contributed by atoms with Gasteiger partial charge in [-0.05, 0) is 32.4 Å². The van der Waals surface area contributed by atoms with Crippen LogP contribution in [0.3, 0.4) is 0 Å². The second-order valence-electron chi connectivity index (χ2n) is 4.03. The third kappa shape index (κ3) is 4.53. The Morgan fingerprint density at radius 2 is 2.06 bits per heavy atom. The van der Waals surface area contributed by atoms with Crippen molar-refractivity contribution in [1.82, 2.24) is 4.72 Å². The summed E-state index contributed by atoms with van der Waals surface area (Å²) >= 11 is 0. The van der Waals surface area contributed by atoms with Crippen molar-refractivity contribution in [1.29, 1.82) is 0 Å². The van der Waals surface area contributed by atoms with Gasteiger partial charge in [-0.1, -0.05) is 6.07 Å². The normalized spacial score (nSPS) is 12.9. The first kappa shape index (κ1) is 17.3. The molecule has 18 heavy (non-hydrogen) atoms. The van der Waals surface area contributed by atoms with Crippen LogP contribution in [0, 0.1) is 12.7 Å². The number of halogens is 2. The average Bonchev–Trinajstić information content (AvgIpc) is 2.21. The predicted octanol–water partition coefficient (Wildman–Crippen LogP) is 1.57. The van der Waals surface area contributed by atoms with E-state index in [1.54, 1.807) is 6.92 Å². The molecule has 0 radical (unpaired) electrons. The van der Waals surface area contributed by atoms with Gasteiger partial charge >= 0.3 is 0 Å². The van der Waals surface area contributed by atoms with Crippen LogP contribution in [0.25, 0.3) is 0 Å². The summed E-state index contributed by atoms with van der Waals surface area (Å²) in [4.78, 5) is -0.0258. The Morgan fingerprint density at radius 1 is 1.44 bits per heavy atom. The van der Waals surface area contributed by atoms with Gasteiger partial charge in [0.25, 0.3) is 0 Å². The van der Waals surface area contributed by atoms with Gasteiger partial charge in [-0.15, -0.1) is 12.4 Å². The summed E-state index contributed by atoms with van der Waals surface area (Å²) < 4.78 is 39.4. The van der Waals surface area contributed by atoms with Crippen LogP contribution in [-0.2, 0) is 10.0 Å². The minimum absolute atomic E-state index is 0. The molecule has 0 aliphatic heterocycles. The predicted molar refractivity (Wildman–Crippen MR) is 71.8 cm³/mol. The first-order valence-electron chi connectivity index (χ1n) is 5.35. The molecule has 0 aliphatic carbocycles. The lowest BCUT2D eigenvalue weighted by Gasteiger charge is -2.10. The summed E-state index contributed by atoms with van der Waals surface area (Å²) in [5.74, 6) is -0.528. The molecule has 0 heterocycles. The Labute approximate surface area is 113 Å². The highest BCUT2D eigenvalue weighted by Gasteiger charge is 2.17. The van der Waals surface area contributed by atoms with Crippen LogP contribution in [0.5, 0.6) is 0 Å². The smallest absolute Gasteiger partial charge is 0.240 e. The topological polar surface area (TPSA) is 72.2 Å². The summed E-state index contributed by atoms with van der Waals surface area (Å²) in [6.45, 7) is 3.48. The number of hydrogen-bond acceptors (Lipinski definition) is 3. The molecular formula is C11H18ClFN2O2S. The van der Waals surface area contributed by atoms with Crippen LogP contribution < -0.4 is 10.5 Å². The molecule has 104 valence electrons. The van der Waals surface area contributed by atoms with E-state index >= 15 is 0 Å². The first-order chi connectivity index (χ1) is 7.84. The number of nitrogens with two attached hydrogens (primary N) is 1. The fraction of sp³-hybridized carbons (Fsp3) is 0.455. The summed E-state index contributed by atoms with van der Waals surface area (Å²) in [5, 5.41) is 0. The summed E-state index contributed by atoms with van der Waals surface area (Å²) in [6, 6.07) is 3.91. The van der Waals surface area contributed by atoms with Crippen LogP contribution in [0.1, 0.15) is 18.9 Å². The van der Waals surface area contributed by atoms with E-state index in [4.69, 9.17) is 5.73 Å². The molecule has 0 spiro atoms. The van der Waals surface area contributed by atoms with Crippen molar-refractivity contribution in [3.63, 3.8) is 0 Å². The van der Waals surface area contributed by atoms with Crippen LogP contribution in [0.2, 0.25) is 0 Å². The van der Waals surface area contributed by atoms with Gasteiger partial charge in [-0.2, -0.15) is 0 Å². The number of nitrogens with one attached hydrogen (secondary N) is 1. The lowest BCUT2D eigenvalue weighted by Crippen LogP contribution is -2.29. The van der Waals surface area contributed by atoms with Gasteiger partial charge in [0.1, 0.15) is 5.82 Å². The molecule has 0 aliphatic rings. The molecule has 0 bridgehead atoms. The Morgan fingerprint density at radius 3 is 2.61 bits per heavy atom. The largest absolute Gasteiger partial charge is 0.328 e. The van der Waals surface area contributed by atoms with Gasteiger partial charge in [0, 0.05) is 18.2 Å². The number of benzene rings is 1. The molecule has 0 amide bonds. The maximum absolute atomic E-state index is 13.2. The fourth-order valence-electron chi connectivity index (χ4n) is 1.38. The van der Waals surface area contributed by atoms with Gasteiger partial charge in [-0.25, -0.2) is 17.5 Å². The Kier molecular flexibility index (Phi) is 6.77. The average molecular weight is 297 g/mol. The van der Waals surface area contributed by atoms with Crippen molar-refractivity contribution in [2.75, 3.05) is 6.54 Å². The van der Waals surface area contributed by atoms with E-state index in [9.17, 15) is 12.8 Å². The molecule has 0 saturated carbocycles. The maximum Gasteiger partial charge on any atom is 0.240 e. The quantitative estimate of drug-likeness (QED) is 0.866. The molecule has 0 saturated heterocycles. The second-order valence-corrected chi connectivity index (χ2v) is 5.76. The Balaban J connectivity index is 0.00000289. The summed E-state index contributed by atoms with van der Waals surface area (Å²) in [7, 11) is -3.65. The zero-order valence-corrected chi connectivity index (χ0v) is 11.9. The SMILES string of the molecule is Cc1c(F)cccc1S(=O)(=O)NCCC(C)N.Cl. The molecule has 1 unspecified atom stereocenters. The van der Waals surface area contributed by atoms with Gasteiger partial charge < -0.3 is 5.73 Å². The number of rotatable bonds is 5. The Bertz CT molecular complexity index is 492. The van der Waals surface area contributed by atoms with Gasteiger partial charge in [0.05, 0.1) is 4.90 Å². The minimum Gasteiger partial charge on any atom is -0.328 e. The first-order valence-corrected chi connectivity index (χ1v) is 6.83. The molecule has 0 aromatic heterocycles.